The normalized spacial score (nSPS) is 17.4. The van der Waals surface area contributed by atoms with Crippen molar-refractivity contribution in [1.82, 2.24) is 20.4 Å². The van der Waals surface area contributed by atoms with Gasteiger partial charge >= 0.3 is 0 Å². The molecule has 0 aliphatic heterocycles. The highest BCUT2D eigenvalue weighted by Crippen LogP contribution is 2.18. The monoisotopic (exact) mass is 308 g/mol. The van der Waals surface area contributed by atoms with Gasteiger partial charge in [-0.25, -0.2) is 0 Å². The zero-order valence-electron chi connectivity index (χ0n) is 14.1. The maximum atomic E-state index is 12.3. The van der Waals surface area contributed by atoms with Gasteiger partial charge in [-0.1, -0.05) is 31.8 Å². The van der Waals surface area contributed by atoms with Gasteiger partial charge in [0.05, 0.1) is 12.6 Å². The Kier molecular flexibility index (Phi) is 5.94. The molecule has 1 atom stereocenters. The fourth-order valence-corrected chi connectivity index (χ4v) is 2.74. The lowest BCUT2D eigenvalue weighted by molar-refractivity contribution is -0.126. The van der Waals surface area contributed by atoms with Crippen LogP contribution in [0.5, 0.6) is 0 Å². The first-order valence-corrected chi connectivity index (χ1v) is 8.27. The Bertz CT molecular complexity index is 480. The molecular weight excluding hydrogens is 280 g/mol. The van der Waals surface area contributed by atoms with Crippen molar-refractivity contribution in [3.63, 3.8) is 0 Å². The number of aromatic nitrogens is 2. The number of carbonyl (C=O) groups excluding carboxylic acids is 1. The van der Waals surface area contributed by atoms with Crippen LogP contribution < -0.4 is 5.32 Å². The fraction of sp³-hybridized carbons (Fsp3) is 0.812. The van der Waals surface area contributed by atoms with Crippen molar-refractivity contribution in [2.45, 2.75) is 71.5 Å². The van der Waals surface area contributed by atoms with Crippen LogP contribution in [0, 0.1) is 5.92 Å². The number of hydrogen-bond acceptors (Lipinski definition) is 5. The van der Waals surface area contributed by atoms with Crippen LogP contribution in [0.2, 0.25) is 0 Å². The van der Waals surface area contributed by atoms with Crippen LogP contribution in [-0.4, -0.2) is 40.1 Å². The second-order valence-electron chi connectivity index (χ2n) is 6.78. The van der Waals surface area contributed by atoms with Gasteiger partial charge < -0.3 is 9.84 Å². The first kappa shape index (κ1) is 16.9. The Morgan fingerprint density at radius 3 is 2.68 bits per heavy atom. The molecule has 1 fully saturated rings. The van der Waals surface area contributed by atoms with Gasteiger partial charge in [0.25, 0.3) is 0 Å². The maximum Gasteiger partial charge on any atom is 0.240 e. The third kappa shape index (κ3) is 4.80. The van der Waals surface area contributed by atoms with Crippen LogP contribution in [0.4, 0.5) is 0 Å². The van der Waals surface area contributed by atoms with E-state index in [1.54, 1.807) is 0 Å². The Hall–Kier alpha value is -1.43. The van der Waals surface area contributed by atoms with E-state index in [1.165, 1.54) is 12.8 Å². The summed E-state index contributed by atoms with van der Waals surface area (Å²) in [6.07, 6.45) is 5.45. The van der Waals surface area contributed by atoms with Crippen LogP contribution in [0.3, 0.4) is 0 Å². The number of hydrogen-bond donors (Lipinski definition) is 1. The average Bonchev–Trinajstić information content (AvgIpc) is 3.09. The number of rotatable bonds is 7. The summed E-state index contributed by atoms with van der Waals surface area (Å²) in [7, 11) is 1.91. The third-order valence-corrected chi connectivity index (χ3v) is 4.23. The summed E-state index contributed by atoms with van der Waals surface area (Å²) in [6, 6.07) is 0.144. The number of carbonyl (C=O) groups is 1. The molecule has 22 heavy (non-hydrogen) atoms. The lowest BCUT2D eigenvalue weighted by atomic mass is 10.1. The van der Waals surface area contributed by atoms with Crippen molar-refractivity contribution in [1.29, 1.82) is 0 Å². The quantitative estimate of drug-likeness (QED) is 0.835. The van der Waals surface area contributed by atoms with E-state index >= 15 is 0 Å². The Morgan fingerprint density at radius 2 is 2.05 bits per heavy atom. The molecule has 124 valence electrons. The fourth-order valence-electron chi connectivity index (χ4n) is 2.74. The van der Waals surface area contributed by atoms with Crippen molar-refractivity contribution in [2.75, 3.05) is 7.05 Å². The molecule has 2 rings (SSSR count). The Labute approximate surface area is 132 Å². The van der Waals surface area contributed by atoms with Crippen molar-refractivity contribution in [2.24, 2.45) is 5.92 Å². The molecule has 1 heterocycles. The molecule has 6 nitrogen and oxygen atoms in total. The number of amides is 1. The average molecular weight is 308 g/mol. The molecular formula is C16H28N4O2. The Morgan fingerprint density at radius 1 is 1.36 bits per heavy atom. The standard InChI is InChI=1S/C16H28N4O2/c1-11(2)9-14-18-15(22-19-14)10-20(4)12(3)16(21)17-13-7-5-6-8-13/h11-13H,5-10H2,1-4H3,(H,17,21)/t12-/m1/s1. The van der Waals surface area contributed by atoms with Crippen molar-refractivity contribution in [3.05, 3.63) is 11.7 Å². The molecule has 1 aromatic heterocycles. The van der Waals surface area contributed by atoms with Gasteiger partial charge in [-0.3, -0.25) is 9.69 Å². The third-order valence-electron chi connectivity index (χ3n) is 4.23. The summed E-state index contributed by atoms with van der Waals surface area (Å²) >= 11 is 0. The van der Waals surface area contributed by atoms with Crippen molar-refractivity contribution >= 4 is 5.91 Å². The first-order chi connectivity index (χ1) is 10.5. The van der Waals surface area contributed by atoms with E-state index in [0.717, 1.165) is 25.1 Å². The van der Waals surface area contributed by atoms with Gasteiger partial charge in [0.1, 0.15) is 0 Å². The van der Waals surface area contributed by atoms with E-state index in [-0.39, 0.29) is 11.9 Å². The number of likely N-dealkylation sites (N-methyl/N-ethyl adjacent to an activating group) is 1. The number of nitrogens with one attached hydrogen (secondary N) is 1. The van der Waals surface area contributed by atoms with Crippen LogP contribution in [-0.2, 0) is 17.8 Å². The van der Waals surface area contributed by atoms with Gasteiger partial charge in [-0.2, -0.15) is 4.98 Å². The van der Waals surface area contributed by atoms with Gasteiger partial charge in [-0.05, 0) is 32.7 Å². The minimum atomic E-state index is -0.207. The molecule has 1 N–H and O–H groups in total. The molecule has 0 radical (unpaired) electrons. The summed E-state index contributed by atoms with van der Waals surface area (Å²) < 4.78 is 5.27. The topological polar surface area (TPSA) is 71.3 Å². The molecule has 1 aliphatic carbocycles. The minimum Gasteiger partial charge on any atom is -0.352 e. The van der Waals surface area contributed by atoms with E-state index in [4.69, 9.17) is 4.52 Å². The zero-order valence-corrected chi connectivity index (χ0v) is 14.1. The summed E-state index contributed by atoms with van der Waals surface area (Å²) in [5, 5.41) is 7.11. The summed E-state index contributed by atoms with van der Waals surface area (Å²) in [6.45, 7) is 6.65. The molecule has 0 saturated heterocycles. The molecule has 1 aromatic rings. The van der Waals surface area contributed by atoms with E-state index in [1.807, 2.05) is 18.9 Å². The van der Waals surface area contributed by atoms with Gasteiger partial charge in [0.15, 0.2) is 5.82 Å². The molecule has 1 amide bonds. The molecule has 1 saturated carbocycles. The second-order valence-corrected chi connectivity index (χ2v) is 6.78. The van der Waals surface area contributed by atoms with E-state index < -0.39 is 0 Å². The largest absolute Gasteiger partial charge is 0.352 e. The molecule has 6 heteroatoms. The lowest BCUT2D eigenvalue weighted by Gasteiger charge is -2.24. The molecule has 0 unspecified atom stereocenters. The van der Waals surface area contributed by atoms with E-state index in [0.29, 0.717) is 24.4 Å². The van der Waals surface area contributed by atoms with Crippen LogP contribution in [0.15, 0.2) is 4.52 Å². The van der Waals surface area contributed by atoms with Gasteiger partial charge in [-0.15, -0.1) is 0 Å². The minimum absolute atomic E-state index is 0.0799. The van der Waals surface area contributed by atoms with E-state index in [2.05, 4.69) is 29.3 Å². The second kappa shape index (κ2) is 7.72. The first-order valence-electron chi connectivity index (χ1n) is 8.27. The van der Waals surface area contributed by atoms with Gasteiger partial charge in [0.2, 0.25) is 11.8 Å². The molecule has 1 aliphatic rings. The van der Waals surface area contributed by atoms with E-state index in [9.17, 15) is 4.79 Å². The highest BCUT2D eigenvalue weighted by atomic mass is 16.5. The zero-order chi connectivity index (χ0) is 16.1. The summed E-state index contributed by atoms with van der Waals surface area (Å²) in [5.41, 5.74) is 0. The lowest BCUT2D eigenvalue weighted by Crippen LogP contribution is -2.46. The van der Waals surface area contributed by atoms with Crippen LogP contribution in [0.1, 0.15) is 58.2 Å². The Balaban J connectivity index is 1.83. The molecule has 0 spiro atoms. The predicted octanol–water partition coefficient (Wildman–Crippen LogP) is 2.15. The molecule has 0 aromatic carbocycles. The smallest absolute Gasteiger partial charge is 0.240 e. The van der Waals surface area contributed by atoms with Crippen LogP contribution in [0.25, 0.3) is 0 Å². The molecule has 0 bridgehead atoms. The number of nitrogens with zero attached hydrogens (tertiary/aromatic N) is 3. The summed E-state index contributed by atoms with van der Waals surface area (Å²) in [5.74, 6) is 1.88. The summed E-state index contributed by atoms with van der Waals surface area (Å²) in [4.78, 5) is 18.6. The van der Waals surface area contributed by atoms with Crippen LogP contribution >= 0.6 is 0 Å². The highest BCUT2D eigenvalue weighted by molar-refractivity contribution is 5.81. The maximum absolute atomic E-state index is 12.3. The highest BCUT2D eigenvalue weighted by Gasteiger charge is 2.24. The van der Waals surface area contributed by atoms with Gasteiger partial charge in [0, 0.05) is 12.5 Å². The van der Waals surface area contributed by atoms with Crippen molar-refractivity contribution < 1.29 is 9.32 Å². The predicted molar refractivity (Wildman–Crippen MR) is 84.2 cm³/mol. The SMILES string of the molecule is CC(C)Cc1noc(CN(C)[C@H](C)C(=O)NC2CCCC2)n1. The van der Waals surface area contributed by atoms with Crippen molar-refractivity contribution in [3.8, 4) is 0 Å².